The van der Waals surface area contributed by atoms with Gasteiger partial charge in [-0.25, -0.2) is 0 Å². The Morgan fingerprint density at radius 1 is 1.53 bits per heavy atom. The third-order valence-corrected chi connectivity index (χ3v) is 3.00. The molecule has 0 aliphatic heterocycles. The van der Waals surface area contributed by atoms with Crippen molar-refractivity contribution in [1.82, 2.24) is 0 Å². The molecule has 2 N–H and O–H groups in total. The van der Waals surface area contributed by atoms with Gasteiger partial charge in [-0.1, -0.05) is 0 Å². The average Bonchev–Trinajstić information content (AvgIpc) is 2.17. The topological polar surface area (TPSA) is 52.3 Å². The third-order valence-electron chi connectivity index (χ3n) is 1.85. The number of rotatable bonds is 4. The van der Waals surface area contributed by atoms with E-state index < -0.39 is 0 Å². The number of anilines is 1. The molecule has 15 heavy (non-hydrogen) atoms. The van der Waals surface area contributed by atoms with E-state index >= 15 is 0 Å². The molecule has 1 rings (SSSR count). The van der Waals surface area contributed by atoms with Crippen molar-refractivity contribution in [1.29, 1.82) is 0 Å². The lowest BCUT2D eigenvalue weighted by molar-refractivity contribution is -0.139. The van der Waals surface area contributed by atoms with Crippen molar-refractivity contribution in [2.45, 2.75) is 18.7 Å². The van der Waals surface area contributed by atoms with Gasteiger partial charge in [0.1, 0.15) is 0 Å². The zero-order chi connectivity index (χ0) is 11.3. The number of carbonyl (C=O) groups excluding carboxylic acids is 1. The van der Waals surface area contributed by atoms with Crippen LogP contribution in [-0.2, 0) is 9.53 Å². The maximum atomic E-state index is 11.1. The maximum absolute atomic E-state index is 11.1. The second kappa shape index (κ2) is 5.66. The van der Waals surface area contributed by atoms with E-state index in [2.05, 4.69) is 0 Å². The van der Waals surface area contributed by atoms with E-state index in [1.165, 1.54) is 11.8 Å². The first-order chi connectivity index (χ1) is 7.13. The Hall–Kier alpha value is -1.16. The Labute approximate surface area is 94.0 Å². The van der Waals surface area contributed by atoms with Crippen LogP contribution in [0.2, 0.25) is 0 Å². The Balaban J connectivity index is 2.54. The lowest BCUT2D eigenvalue weighted by atomic mass is 10.2. The van der Waals surface area contributed by atoms with Crippen LogP contribution in [0, 0.1) is 6.92 Å². The lowest BCUT2D eigenvalue weighted by Gasteiger charge is -2.05. The molecule has 0 radical (unpaired) electrons. The van der Waals surface area contributed by atoms with Crippen LogP contribution in [0.25, 0.3) is 0 Å². The van der Waals surface area contributed by atoms with Gasteiger partial charge in [-0.15, -0.1) is 11.8 Å². The fourth-order valence-corrected chi connectivity index (χ4v) is 1.98. The fourth-order valence-electron chi connectivity index (χ4n) is 1.17. The Morgan fingerprint density at radius 3 is 2.87 bits per heavy atom. The standard InChI is InChI=1S/C11H15NO2S/c1-3-14-11(13)7-15-10-5-4-9(12)6-8(10)2/h4-6H,3,7,12H2,1-2H3. The van der Waals surface area contributed by atoms with Crippen LogP contribution < -0.4 is 5.73 Å². The van der Waals surface area contributed by atoms with E-state index in [1.54, 1.807) is 6.92 Å². The molecule has 1 aromatic carbocycles. The van der Waals surface area contributed by atoms with Crippen molar-refractivity contribution in [3.8, 4) is 0 Å². The molecule has 0 aromatic heterocycles. The number of nitrogen functional groups attached to an aromatic ring is 1. The van der Waals surface area contributed by atoms with E-state index in [1.807, 2.05) is 25.1 Å². The van der Waals surface area contributed by atoms with Crippen molar-refractivity contribution in [3.05, 3.63) is 23.8 Å². The number of benzene rings is 1. The van der Waals surface area contributed by atoms with Crippen LogP contribution in [0.4, 0.5) is 5.69 Å². The summed E-state index contributed by atoms with van der Waals surface area (Å²) >= 11 is 1.47. The molecule has 0 bridgehead atoms. The molecule has 0 saturated heterocycles. The summed E-state index contributed by atoms with van der Waals surface area (Å²) in [5.74, 6) is 0.164. The molecule has 1 aromatic rings. The maximum Gasteiger partial charge on any atom is 0.316 e. The largest absolute Gasteiger partial charge is 0.465 e. The van der Waals surface area contributed by atoms with Crippen LogP contribution in [0.3, 0.4) is 0 Å². The highest BCUT2D eigenvalue weighted by atomic mass is 32.2. The minimum Gasteiger partial charge on any atom is -0.465 e. The zero-order valence-corrected chi connectivity index (χ0v) is 9.76. The highest BCUT2D eigenvalue weighted by Crippen LogP contribution is 2.23. The summed E-state index contributed by atoms with van der Waals surface area (Å²) in [6.07, 6.45) is 0. The quantitative estimate of drug-likeness (QED) is 0.485. The Morgan fingerprint density at radius 2 is 2.27 bits per heavy atom. The molecule has 0 aliphatic rings. The summed E-state index contributed by atoms with van der Waals surface area (Å²) in [6, 6.07) is 5.66. The number of hydrogen-bond acceptors (Lipinski definition) is 4. The monoisotopic (exact) mass is 225 g/mol. The molecule has 0 fully saturated rings. The fraction of sp³-hybridized carbons (Fsp3) is 0.364. The number of ether oxygens (including phenoxy) is 1. The molecule has 82 valence electrons. The second-order valence-electron chi connectivity index (χ2n) is 3.12. The first-order valence-corrected chi connectivity index (χ1v) is 5.76. The van der Waals surface area contributed by atoms with Gasteiger partial charge in [-0.05, 0) is 37.6 Å². The molecule has 3 nitrogen and oxygen atoms in total. The normalized spacial score (nSPS) is 10.0. The minimum absolute atomic E-state index is 0.182. The predicted molar refractivity (Wildman–Crippen MR) is 62.9 cm³/mol. The van der Waals surface area contributed by atoms with Crippen LogP contribution in [0.15, 0.2) is 23.1 Å². The van der Waals surface area contributed by atoms with E-state index in [-0.39, 0.29) is 5.97 Å². The molecular weight excluding hydrogens is 210 g/mol. The van der Waals surface area contributed by atoms with Gasteiger partial charge in [-0.2, -0.15) is 0 Å². The molecule has 4 heteroatoms. The van der Waals surface area contributed by atoms with E-state index in [9.17, 15) is 4.79 Å². The minimum atomic E-state index is -0.182. The van der Waals surface area contributed by atoms with Gasteiger partial charge in [0.05, 0.1) is 12.4 Å². The Kier molecular flexibility index (Phi) is 4.49. The zero-order valence-electron chi connectivity index (χ0n) is 8.95. The molecule has 0 aliphatic carbocycles. The highest BCUT2D eigenvalue weighted by molar-refractivity contribution is 8.00. The number of thioether (sulfide) groups is 1. The number of aryl methyl sites for hydroxylation is 1. The smallest absolute Gasteiger partial charge is 0.316 e. The number of nitrogens with two attached hydrogens (primary N) is 1. The first-order valence-electron chi connectivity index (χ1n) is 4.78. The predicted octanol–water partition coefficient (Wildman–Crippen LogP) is 2.23. The highest BCUT2D eigenvalue weighted by Gasteiger charge is 2.05. The first kappa shape index (κ1) is 11.9. The number of esters is 1. The number of hydrogen-bond donors (Lipinski definition) is 1. The van der Waals surface area contributed by atoms with Crippen LogP contribution in [0.1, 0.15) is 12.5 Å². The molecule has 0 atom stereocenters. The van der Waals surface area contributed by atoms with E-state index in [4.69, 9.17) is 10.5 Å². The average molecular weight is 225 g/mol. The van der Waals surface area contributed by atoms with Crippen molar-refractivity contribution < 1.29 is 9.53 Å². The summed E-state index contributed by atoms with van der Waals surface area (Å²) in [5.41, 5.74) is 7.46. The van der Waals surface area contributed by atoms with E-state index in [0.29, 0.717) is 12.4 Å². The summed E-state index contributed by atoms with van der Waals surface area (Å²) < 4.78 is 4.84. The summed E-state index contributed by atoms with van der Waals surface area (Å²) in [7, 11) is 0. The molecule has 0 heterocycles. The van der Waals surface area contributed by atoms with Crippen molar-refractivity contribution >= 4 is 23.4 Å². The van der Waals surface area contributed by atoms with Gasteiger partial charge < -0.3 is 10.5 Å². The van der Waals surface area contributed by atoms with Crippen molar-refractivity contribution in [2.24, 2.45) is 0 Å². The van der Waals surface area contributed by atoms with Crippen LogP contribution >= 0.6 is 11.8 Å². The SMILES string of the molecule is CCOC(=O)CSc1ccc(N)cc1C. The molecule has 0 amide bonds. The van der Waals surface area contributed by atoms with Gasteiger partial charge in [0.2, 0.25) is 0 Å². The van der Waals surface area contributed by atoms with Crippen LogP contribution in [0.5, 0.6) is 0 Å². The summed E-state index contributed by atoms with van der Waals surface area (Å²) in [4.78, 5) is 12.2. The molecule has 0 saturated carbocycles. The third kappa shape index (κ3) is 3.83. The lowest BCUT2D eigenvalue weighted by Crippen LogP contribution is -2.06. The summed E-state index contributed by atoms with van der Waals surface area (Å²) in [5, 5.41) is 0. The van der Waals surface area contributed by atoms with Crippen molar-refractivity contribution in [3.63, 3.8) is 0 Å². The van der Waals surface area contributed by atoms with Gasteiger partial charge in [0.15, 0.2) is 0 Å². The van der Waals surface area contributed by atoms with Crippen LogP contribution in [-0.4, -0.2) is 18.3 Å². The van der Waals surface area contributed by atoms with Crippen molar-refractivity contribution in [2.75, 3.05) is 18.1 Å². The Bertz CT molecular complexity index is 352. The number of carbonyl (C=O) groups is 1. The van der Waals surface area contributed by atoms with Gasteiger partial charge in [0, 0.05) is 10.6 Å². The second-order valence-corrected chi connectivity index (χ2v) is 4.14. The van der Waals surface area contributed by atoms with Gasteiger partial charge in [-0.3, -0.25) is 4.79 Å². The molecule has 0 unspecified atom stereocenters. The van der Waals surface area contributed by atoms with Gasteiger partial charge >= 0.3 is 5.97 Å². The van der Waals surface area contributed by atoms with Gasteiger partial charge in [0.25, 0.3) is 0 Å². The van der Waals surface area contributed by atoms with E-state index in [0.717, 1.165) is 16.1 Å². The summed E-state index contributed by atoms with van der Waals surface area (Å²) in [6.45, 7) is 4.21. The molecule has 0 spiro atoms. The molecular formula is C11H15NO2S.